The highest BCUT2D eigenvalue weighted by atomic mass is 19.4. The number of hydrogen-bond acceptors (Lipinski definition) is 3. The Morgan fingerprint density at radius 1 is 1.08 bits per heavy atom. The molecule has 138 valence electrons. The molecular weight excluding hydrogens is 347 g/mol. The van der Waals surface area contributed by atoms with E-state index in [4.69, 9.17) is 0 Å². The van der Waals surface area contributed by atoms with Gasteiger partial charge in [-0.2, -0.15) is 13.2 Å². The number of aromatic nitrogens is 1. The Bertz CT molecular complexity index is 785. The van der Waals surface area contributed by atoms with Crippen molar-refractivity contribution in [1.29, 1.82) is 0 Å². The van der Waals surface area contributed by atoms with Gasteiger partial charge in [-0.15, -0.1) is 0 Å². The Hall–Kier alpha value is -2.90. The van der Waals surface area contributed by atoms with Gasteiger partial charge in [-0.3, -0.25) is 14.6 Å². The molecule has 1 N–H and O–H groups in total. The molecular formula is C18H18F3N3O2. The van der Waals surface area contributed by atoms with Crippen LogP contribution in [0.25, 0.3) is 0 Å². The average Bonchev–Trinajstić information content (AvgIpc) is 2.62. The van der Waals surface area contributed by atoms with E-state index in [9.17, 15) is 22.8 Å². The van der Waals surface area contributed by atoms with Crippen LogP contribution >= 0.6 is 0 Å². The van der Waals surface area contributed by atoms with E-state index in [1.165, 1.54) is 30.5 Å². The van der Waals surface area contributed by atoms with Gasteiger partial charge < -0.3 is 10.2 Å². The first kappa shape index (κ1) is 19.4. The molecule has 0 aliphatic carbocycles. The Morgan fingerprint density at radius 2 is 1.69 bits per heavy atom. The van der Waals surface area contributed by atoms with Crippen LogP contribution in [0, 0.1) is 0 Å². The van der Waals surface area contributed by atoms with Crippen molar-refractivity contribution >= 4 is 17.5 Å². The van der Waals surface area contributed by atoms with Gasteiger partial charge in [0.25, 0.3) is 11.8 Å². The van der Waals surface area contributed by atoms with Gasteiger partial charge in [0.1, 0.15) is 5.69 Å². The molecule has 0 aliphatic heterocycles. The largest absolute Gasteiger partial charge is 0.416 e. The monoisotopic (exact) mass is 365 g/mol. The number of halogens is 3. The number of nitrogens with one attached hydrogen (secondary N) is 1. The summed E-state index contributed by atoms with van der Waals surface area (Å²) in [6, 6.07) is 6.90. The number of pyridine rings is 1. The van der Waals surface area contributed by atoms with Crippen molar-refractivity contribution in [1.82, 2.24) is 9.88 Å². The van der Waals surface area contributed by atoms with Crippen LogP contribution in [-0.2, 0) is 6.18 Å². The van der Waals surface area contributed by atoms with E-state index in [0.717, 1.165) is 12.1 Å². The fourth-order valence-electron chi connectivity index (χ4n) is 2.31. The van der Waals surface area contributed by atoms with Crippen LogP contribution in [0.1, 0.15) is 40.3 Å². The summed E-state index contributed by atoms with van der Waals surface area (Å²) in [7, 11) is 0. The van der Waals surface area contributed by atoms with Crippen molar-refractivity contribution in [3.63, 3.8) is 0 Å². The number of anilines is 1. The minimum atomic E-state index is -4.44. The quantitative estimate of drug-likeness (QED) is 0.876. The molecule has 0 bridgehead atoms. The lowest BCUT2D eigenvalue weighted by Crippen LogP contribution is -2.31. The predicted molar refractivity (Wildman–Crippen MR) is 90.9 cm³/mol. The van der Waals surface area contributed by atoms with Crippen LogP contribution in [0.15, 0.2) is 42.6 Å². The van der Waals surface area contributed by atoms with Gasteiger partial charge in [-0.1, -0.05) is 0 Å². The second kappa shape index (κ2) is 7.99. The zero-order valence-electron chi connectivity index (χ0n) is 14.3. The molecule has 0 unspecified atom stereocenters. The summed E-state index contributed by atoms with van der Waals surface area (Å²) in [5.41, 5.74) is -0.257. The van der Waals surface area contributed by atoms with Gasteiger partial charge >= 0.3 is 6.18 Å². The lowest BCUT2D eigenvalue weighted by molar-refractivity contribution is -0.137. The summed E-state index contributed by atoms with van der Waals surface area (Å²) in [5.74, 6) is -0.833. The lowest BCUT2D eigenvalue weighted by Gasteiger charge is -2.18. The van der Waals surface area contributed by atoms with Crippen LogP contribution in [0.5, 0.6) is 0 Å². The Balaban J connectivity index is 2.15. The fourth-order valence-corrected chi connectivity index (χ4v) is 2.31. The van der Waals surface area contributed by atoms with Crippen molar-refractivity contribution < 1.29 is 22.8 Å². The standard InChI is InChI=1S/C18H18F3N3O2/c1-3-24(4-2)17(26)15-11-12(9-10-22-15)16(25)23-14-7-5-13(6-8-14)18(19,20)21/h5-11H,3-4H2,1-2H3,(H,23,25). The number of alkyl halides is 3. The van der Waals surface area contributed by atoms with Crippen molar-refractivity contribution in [2.45, 2.75) is 20.0 Å². The molecule has 0 saturated carbocycles. The van der Waals surface area contributed by atoms with Gasteiger partial charge in [-0.05, 0) is 50.2 Å². The average molecular weight is 365 g/mol. The van der Waals surface area contributed by atoms with Gasteiger partial charge in [0.2, 0.25) is 0 Å². The molecule has 0 spiro atoms. The van der Waals surface area contributed by atoms with Crippen LogP contribution in [-0.4, -0.2) is 34.8 Å². The summed E-state index contributed by atoms with van der Waals surface area (Å²) in [6.07, 6.45) is -3.09. The molecule has 2 rings (SSSR count). The fraction of sp³-hybridized carbons (Fsp3) is 0.278. The van der Waals surface area contributed by atoms with Crippen molar-refractivity contribution in [3.05, 3.63) is 59.4 Å². The maximum Gasteiger partial charge on any atom is 0.416 e. The number of rotatable bonds is 5. The van der Waals surface area contributed by atoms with E-state index in [1.54, 1.807) is 4.90 Å². The Morgan fingerprint density at radius 3 is 2.23 bits per heavy atom. The van der Waals surface area contributed by atoms with E-state index in [1.807, 2.05) is 13.8 Å². The number of nitrogens with zero attached hydrogens (tertiary/aromatic N) is 2. The SMILES string of the molecule is CCN(CC)C(=O)c1cc(C(=O)Nc2ccc(C(F)(F)F)cc2)ccn1. The van der Waals surface area contributed by atoms with Gasteiger partial charge in [0, 0.05) is 30.5 Å². The highest BCUT2D eigenvalue weighted by molar-refractivity contribution is 6.05. The first-order chi connectivity index (χ1) is 12.3. The van der Waals surface area contributed by atoms with E-state index in [-0.39, 0.29) is 22.9 Å². The Labute approximate surface area is 148 Å². The maximum absolute atomic E-state index is 12.6. The van der Waals surface area contributed by atoms with Crippen LogP contribution in [0.4, 0.5) is 18.9 Å². The molecule has 0 saturated heterocycles. The predicted octanol–water partition coefficient (Wildman–Crippen LogP) is 3.83. The molecule has 0 radical (unpaired) electrons. The van der Waals surface area contributed by atoms with Crippen molar-refractivity contribution in [3.8, 4) is 0 Å². The van der Waals surface area contributed by atoms with Crippen molar-refractivity contribution in [2.24, 2.45) is 0 Å². The molecule has 0 aliphatic rings. The number of carbonyl (C=O) groups is 2. The topological polar surface area (TPSA) is 62.3 Å². The molecule has 8 heteroatoms. The highest BCUT2D eigenvalue weighted by Gasteiger charge is 2.30. The molecule has 1 aromatic heterocycles. The molecule has 1 aromatic carbocycles. The molecule has 5 nitrogen and oxygen atoms in total. The third-order valence-electron chi connectivity index (χ3n) is 3.76. The van der Waals surface area contributed by atoms with E-state index >= 15 is 0 Å². The Kier molecular flexibility index (Phi) is 5.97. The van der Waals surface area contributed by atoms with Crippen LogP contribution < -0.4 is 5.32 Å². The van der Waals surface area contributed by atoms with E-state index in [0.29, 0.717) is 13.1 Å². The second-order valence-corrected chi connectivity index (χ2v) is 5.44. The molecule has 2 amide bonds. The zero-order chi connectivity index (χ0) is 19.3. The molecule has 1 heterocycles. The van der Waals surface area contributed by atoms with E-state index in [2.05, 4.69) is 10.3 Å². The first-order valence-electron chi connectivity index (χ1n) is 8.00. The zero-order valence-corrected chi connectivity index (χ0v) is 14.3. The smallest absolute Gasteiger partial charge is 0.338 e. The number of amides is 2. The highest BCUT2D eigenvalue weighted by Crippen LogP contribution is 2.29. The molecule has 0 atom stereocenters. The van der Waals surface area contributed by atoms with Gasteiger partial charge in [0.15, 0.2) is 0 Å². The minimum absolute atomic E-state index is 0.133. The number of hydrogen-bond donors (Lipinski definition) is 1. The first-order valence-corrected chi connectivity index (χ1v) is 8.00. The molecule has 2 aromatic rings. The summed E-state index contributed by atoms with van der Waals surface area (Å²) in [6.45, 7) is 4.70. The normalized spacial score (nSPS) is 11.1. The minimum Gasteiger partial charge on any atom is -0.338 e. The second-order valence-electron chi connectivity index (χ2n) is 5.44. The van der Waals surface area contributed by atoms with E-state index < -0.39 is 17.6 Å². The number of carbonyl (C=O) groups excluding carboxylic acids is 2. The third-order valence-corrected chi connectivity index (χ3v) is 3.76. The van der Waals surface area contributed by atoms with Gasteiger partial charge in [0.05, 0.1) is 5.56 Å². The maximum atomic E-state index is 12.6. The van der Waals surface area contributed by atoms with Crippen molar-refractivity contribution in [2.75, 3.05) is 18.4 Å². The molecule has 26 heavy (non-hydrogen) atoms. The summed E-state index contributed by atoms with van der Waals surface area (Å²) in [4.78, 5) is 30.1. The summed E-state index contributed by atoms with van der Waals surface area (Å²) in [5, 5.41) is 2.50. The van der Waals surface area contributed by atoms with Gasteiger partial charge in [-0.25, -0.2) is 0 Å². The lowest BCUT2D eigenvalue weighted by atomic mass is 10.1. The number of benzene rings is 1. The molecule has 0 fully saturated rings. The summed E-state index contributed by atoms with van der Waals surface area (Å²) < 4.78 is 37.7. The third kappa shape index (κ3) is 4.59. The van der Waals surface area contributed by atoms with Crippen LogP contribution in [0.2, 0.25) is 0 Å². The van der Waals surface area contributed by atoms with Crippen LogP contribution in [0.3, 0.4) is 0 Å². The summed E-state index contributed by atoms with van der Waals surface area (Å²) >= 11 is 0.